The lowest BCUT2D eigenvalue weighted by atomic mass is 10.1. The SMILES string of the molecule is COc1cccc(CCNc2cc(Nc3ccc(OC)c(OC)c3)ncn2)c1. The van der Waals surface area contributed by atoms with Gasteiger partial charge in [0.15, 0.2) is 11.5 Å². The topological polar surface area (TPSA) is 77.5 Å². The molecule has 28 heavy (non-hydrogen) atoms. The Balaban J connectivity index is 1.60. The highest BCUT2D eigenvalue weighted by atomic mass is 16.5. The molecule has 146 valence electrons. The average Bonchev–Trinajstić information content (AvgIpc) is 2.74. The summed E-state index contributed by atoms with van der Waals surface area (Å²) in [6.45, 7) is 0.750. The van der Waals surface area contributed by atoms with Crippen LogP contribution in [0.3, 0.4) is 0 Å². The number of nitrogens with one attached hydrogen (secondary N) is 2. The van der Waals surface area contributed by atoms with Gasteiger partial charge >= 0.3 is 0 Å². The molecule has 3 aromatic rings. The highest BCUT2D eigenvalue weighted by Crippen LogP contribution is 2.30. The van der Waals surface area contributed by atoms with Crippen LogP contribution in [0, 0.1) is 0 Å². The third kappa shape index (κ3) is 5.03. The summed E-state index contributed by atoms with van der Waals surface area (Å²) in [6, 6.07) is 15.5. The number of rotatable bonds is 9. The second kappa shape index (κ2) is 9.45. The van der Waals surface area contributed by atoms with Crippen molar-refractivity contribution in [3.05, 3.63) is 60.4 Å². The summed E-state index contributed by atoms with van der Waals surface area (Å²) in [4.78, 5) is 8.55. The van der Waals surface area contributed by atoms with Gasteiger partial charge in [-0.25, -0.2) is 9.97 Å². The van der Waals surface area contributed by atoms with Crippen molar-refractivity contribution in [2.24, 2.45) is 0 Å². The molecule has 0 bridgehead atoms. The van der Waals surface area contributed by atoms with E-state index in [1.807, 2.05) is 42.5 Å². The molecular formula is C21H24N4O3. The Morgan fingerprint density at radius 2 is 1.64 bits per heavy atom. The molecule has 7 nitrogen and oxygen atoms in total. The molecule has 0 saturated carbocycles. The van der Waals surface area contributed by atoms with Gasteiger partial charge in [0, 0.05) is 24.4 Å². The van der Waals surface area contributed by atoms with Crippen molar-refractivity contribution in [2.75, 3.05) is 38.5 Å². The van der Waals surface area contributed by atoms with Crippen LogP contribution in [0.25, 0.3) is 0 Å². The highest BCUT2D eigenvalue weighted by molar-refractivity contribution is 5.62. The summed E-state index contributed by atoms with van der Waals surface area (Å²) < 4.78 is 15.8. The number of benzene rings is 2. The minimum absolute atomic E-state index is 0.651. The second-order valence-corrected chi connectivity index (χ2v) is 6.01. The van der Waals surface area contributed by atoms with Gasteiger partial charge < -0.3 is 24.8 Å². The Hall–Kier alpha value is -3.48. The fourth-order valence-corrected chi connectivity index (χ4v) is 2.75. The van der Waals surface area contributed by atoms with E-state index in [-0.39, 0.29) is 0 Å². The number of hydrogen-bond acceptors (Lipinski definition) is 7. The molecule has 0 spiro atoms. The zero-order valence-corrected chi connectivity index (χ0v) is 16.2. The first-order chi connectivity index (χ1) is 13.7. The summed E-state index contributed by atoms with van der Waals surface area (Å²) in [7, 11) is 4.89. The molecular weight excluding hydrogens is 356 g/mol. The van der Waals surface area contributed by atoms with E-state index in [9.17, 15) is 0 Å². The maximum Gasteiger partial charge on any atom is 0.162 e. The van der Waals surface area contributed by atoms with E-state index in [1.165, 1.54) is 11.9 Å². The maximum absolute atomic E-state index is 5.33. The number of methoxy groups -OCH3 is 3. The Bertz CT molecular complexity index is 918. The Kier molecular flexibility index (Phi) is 6.51. The van der Waals surface area contributed by atoms with E-state index >= 15 is 0 Å². The Labute approximate surface area is 164 Å². The number of anilines is 3. The van der Waals surface area contributed by atoms with Gasteiger partial charge in [0.1, 0.15) is 23.7 Å². The Morgan fingerprint density at radius 1 is 0.821 bits per heavy atom. The van der Waals surface area contributed by atoms with Gasteiger partial charge in [0.05, 0.1) is 21.3 Å². The van der Waals surface area contributed by atoms with Crippen LogP contribution in [0.2, 0.25) is 0 Å². The number of aromatic nitrogens is 2. The molecule has 0 aliphatic rings. The van der Waals surface area contributed by atoms with Crippen LogP contribution in [0.15, 0.2) is 54.9 Å². The molecule has 0 fully saturated rings. The third-order valence-electron chi connectivity index (χ3n) is 4.18. The van der Waals surface area contributed by atoms with Crippen LogP contribution >= 0.6 is 0 Å². The van der Waals surface area contributed by atoms with Crippen LogP contribution in [-0.4, -0.2) is 37.8 Å². The molecule has 2 N–H and O–H groups in total. The van der Waals surface area contributed by atoms with Gasteiger partial charge in [-0.3, -0.25) is 0 Å². The third-order valence-corrected chi connectivity index (χ3v) is 4.18. The molecule has 0 radical (unpaired) electrons. The van der Waals surface area contributed by atoms with E-state index in [0.29, 0.717) is 17.3 Å². The lowest BCUT2D eigenvalue weighted by molar-refractivity contribution is 0.355. The molecule has 2 aromatic carbocycles. The molecule has 0 unspecified atom stereocenters. The fourth-order valence-electron chi connectivity index (χ4n) is 2.75. The minimum atomic E-state index is 0.651. The number of ether oxygens (including phenoxy) is 3. The smallest absolute Gasteiger partial charge is 0.162 e. The largest absolute Gasteiger partial charge is 0.497 e. The van der Waals surface area contributed by atoms with E-state index in [0.717, 1.165) is 30.2 Å². The van der Waals surface area contributed by atoms with E-state index in [4.69, 9.17) is 14.2 Å². The monoisotopic (exact) mass is 380 g/mol. The normalized spacial score (nSPS) is 10.2. The quantitative estimate of drug-likeness (QED) is 0.583. The maximum atomic E-state index is 5.33. The fraction of sp³-hybridized carbons (Fsp3) is 0.238. The van der Waals surface area contributed by atoms with Gasteiger partial charge in [-0.1, -0.05) is 12.1 Å². The van der Waals surface area contributed by atoms with Crippen LogP contribution in [0.4, 0.5) is 17.3 Å². The highest BCUT2D eigenvalue weighted by Gasteiger charge is 2.06. The van der Waals surface area contributed by atoms with E-state index < -0.39 is 0 Å². The molecule has 0 atom stereocenters. The van der Waals surface area contributed by atoms with Crippen molar-refractivity contribution in [1.82, 2.24) is 9.97 Å². The van der Waals surface area contributed by atoms with Crippen LogP contribution in [0.1, 0.15) is 5.56 Å². The zero-order chi connectivity index (χ0) is 19.8. The van der Waals surface area contributed by atoms with Crippen LogP contribution in [-0.2, 0) is 6.42 Å². The van der Waals surface area contributed by atoms with Gasteiger partial charge in [-0.2, -0.15) is 0 Å². The summed E-state index contributed by atoms with van der Waals surface area (Å²) in [6.07, 6.45) is 2.39. The van der Waals surface area contributed by atoms with Gasteiger partial charge in [-0.05, 0) is 36.2 Å². The number of hydrogen-bond donors (Lipinski definition) is 2. The van der Waals surface area contributed by atoms with Crippen LogP contribution < -0.4 is 24.8 Å². The first-order valence-electron chi connectivity index (χ1n) is 8.89. The van der Waals surface area contributed by atoms with E-state index in [1.54, 1.807) is 21.3 Å². The van der Waals surface area contributed by atoms with Crippen molar-refractivity contribution < 1.29 is 14.2 Å². The minimum Gasteiger partial charge on any atom is -0.497 e. The predicted octanol–water partition coefficient (Wildman–Crippen LogP) is 3.90. The van der Waals surface area contributed by atoms with Crippen molar-refractivity contribution in [3.63, 3.8) is 0 Å². The average molecular weight is 380 g/mol. The van der Waals surface area contributed by atoms with Gasteiger partial charge in [0.25, 0.3) is 0 Å². The van der Waals surface area contributed by atoms with Gasteiger partial charge in [-0.15, -0.1) is 0 Å². The van der Waals surface area contributed by atoms with Crippen molar-refractivity contribution in [3.8, 4) is 17.2 Å². The second-order valence-electron chi connectivity index (χ2n) is 6.01. The lowest BCUT2D eigenvalue weighted by Gasteiger charge is -2.12. The molecule has 0 aliphatic heterocycles. The standard InChI is InChI=1S/C21H24N4O3/c1-26-17-6-4-5-15(11-17)9-10-22-20-13-21(24-14-23-20)25-16-7-8-18(27-2)19(12-16)28-3/h4-8,11-14H,9-10H2,1-3H3,(H2,22,23,24,25). The molecule has 0 saturated heterocycles. The molecule has 3 rings (SSSR count). The molecule has 1 aromatic heterocycles. The first kappa shape index (κ1) is 19.3. The van der Waals surface area contributed by atoms with Crippen molar-refractivity contribution >= 4 is 17.3 Å². The summed E-state index contributed by atoms with van der Waals surface area (Å²) in [5.41, 5.74) is 2.04. The Morgan fingerprint density at radius 3 is 2.43 bits per heavy atom. The van der Waals surface area contributed by atoms with Crippen molar-refractivity contribution in [1.29, 1.82) is 0 Å². The predicted molar refractivity (Wildman–Crippen MR) is 110 cm³/mol. The van der Waals surface area contributed by atoms with Crippen LogP contribution in [0.5, 0.6) is 17.2 Å². The lowest BCUT2D eigenvalue weighted by Crippen LogP contribution is -2.07. The molecule has 0 amide bonds. The number of nitrogens with zero attached hydrogens (tertiary/aromatic N) is 2. The summed E-state index contributed by atoms with van der Waals surface area (Å²) in [5, 5.41) is 6.57. The van der Waals surface area contributed by atoms with Gasteiger partial charge in [0.2, 0.25) is 0 Å². The van der Waals surface area contributed by atoms with Crippen molar-refractivity contribution in [2.45, 2.75) is 6.42 Å². The molecule has 1 heterocycles. The first-order valence-corrected chi connectivity index (χ1v) is 8.89. The summed E-state index contributed by atoms with van der Waals surface area (Å²) >= 11 is 0. The molecule has 7 heteroatoms. The zero-order valence-electron chi connectivity index (χ0n) is 16.2. The molecule has 0 aliphatic carbocycles. The summed E-state index contributed by atoms with van der Waals surface area (Å²) in [5.74, 6) is 3.63. The van der Waals surface area contributed by atoms with E-state index in [2.05, 4.69) is 26.7 Å².